The Morgan fingerprint density at radius 1 is 1.33 bits per heavy atom. The first-order valence-corrected chi connectivity index (χ1v) is 6.94. The topological polar surface area (TPSA) is 41.5 Å². The predicted molar refractivity (Wildman–Crippen MR) is 72.8 cm³/mol. The van der Waals surface area contributed by atoms with Crippen molar-refractivity contribution in [2.75, 3.05) is 13.2 Å². The molecule has 18 heavy (non-hydrogen) atoms. The van der Waals surface area contributed by atoms with Crippen LogP contribution in [0, 0.1) is 0 Å². The molecule has 1 aromatic rings. The number of aliphatic hydroxyl groups is 1. The summed E-state index contributed by atoms with van der Waals surface area (Å²) >= 11 is 0. The second kappa shape index (κ2) is 6.76. The fourth-order valence-electron chi connectivity index (χ4n) is 2.48. The molecule has 0 aliphatic carbocycles. The molecule has 1 heterocycles. The van der Waals surface area contributed by atoms with E-state index in [1.807, 2.05) is 31.2 Å². The summed E-state index contributed by atoms with van der Waals surface area (Å²) < 4.78 is 5.40. The van der Waals surface area contributed by atoms with Crippen LogP contribution in [0.5, 0.6) is 5.75 Å². The molecule has 1 aliphatic heterocycles. The summed E-state index contributed by atoms with van der Waals surface area (Å²) in [6.07, 6.45) is 4.13. The molecule has 2 atom stereocenters. The first-order valence-electron chi connectivity index (χ1n) is 6.94. The van der Waals surface area contributed by atoms with E-state index in [4.69, 9.17) is 4.74 Å². The lowest BCUT2D eigenvalue weighted by Crippen LogP contribution is -2.35. The summed E-state index contributed by atoms with van der Waals surface area (Å²) in [7, 11) is 0. The average Bonchev–Trinajstić information content (AvgIpc) is 2.41. The smallest absolute Gasteiger partial charge is 0.119 e. The van der Waals surface area contributed by atoms with E-state index < -0.39 is 0 Å². The molecule has 0 bridgehead atoms. The first-order chi connectivity index (χ1) is 8.79. The van der Waals surface area contributed by atoms with Gasteiger partial charge in [-0.3, -0.25) is 0 Å². The van der Waals surface area contributed by atoms with Crippen molar-refractivity contribution in [1.82, 2.24) is 5.32 Å². The van der Waals surface area contributed by atoms with Gasteiger partial charge in [-0.25, -0.2) is 0 Å². The number of piperidine rings is 1. The molecule has 1 aliphatic rings. The van der Waals surface area contributed by atoms with E-state index in [9.17, 15) is 5.11 Å². The summed E-state index contributed by atoms with van der Waals surface area (Å²) in [6.45, 7) is 3.73. The maximum absolute atomic E-state index is 10.2. The summed E-state index contributed by atoms with van der Waals surface area (Å²) in [6, 6.07) is 8.23. The van der Waals surface area contributed by atoms with Gasteiger partial charge < -0.3 is 15.2 Å². The van der Waals surface area contributed by atoms with Gasteiger partial charge in [0.25, 0.3) is 0 Å². The van der Waals surface area contributed by atoms with Crippen LogP contribution in [0.1, 0.15) is 44.3 Å². The van der Waals surface area contributed by atoms with E-state index in [1.54, 1.807) is 0 Å². The zero-order valence-electron chi connectivity index (χ0n) is 11.1. The summed E-state index contributed by atoms with van der Waals surface area (Å²) in [4.78, 5) is 0. The number of hydrogen-bond acceptors (Lipinski definition) is 3. The summed E-state index contributed by atoms with van der Waals surface area (Å²) in [5.74, 6) is 0.865. The van der Waals surface area contributed by atoms with Crippen LogP contribution in [0.4, 0.5) is 0 Å². The largest absolute Gasteiger partial charge is 0.494 e. The Balaban J connectivity index is 1.89. The van der Waals surface area contributed by atoms with E-state index in [-0.39, 0.29) is 6.10 Å². The van der Waals surface area contributed by atoms with Crippen LogP contribution in [-0.4, -0.2) is 24.3 Å². The Morgan fingerprint density at radius 2 is 2.11 bits per heavy atom. The van der Waals surface area contributed by atoms with Crippen LogP contribution in [0.3, 0.4) is 0 Å². The van der Waals surface area contributed by atoms with Gasteiger partial charge in [-0.15, -0.1) is 0 Å². The molecule has 1 saturated heterocycles. The molecule has 2 rings (SSSR count). The van der Waals surface area contributed by atoms with Crippen molar-refractivity contribution in [3.63, 3.8) is 0 Å². The van der Waals surface area contributed by atoms with Crippen LogP contribution in [0.2, 0.25) is 0 Å². The van der Waals surface area contributed by atoms with Crippen molar-refractivity contribution in [3.8, 4) is 5.75 Å². The molecule has 1 fully saturated rings. The van der Waals surface area contributed by atoms with Crippen LogP contribution >= 0.6 is 0 Å². The summed E-state index contributed by atoms with van der Waals surface area (Å²) in [5.41, 5.74) is 0.978. The van der Waals surface area contributed by atoms with Gasteiger partial charge in [-0.2, -0.15) is 0 Å². The molecule has 100 valence electrons. The SMILES string of the molecule is CCOc1ccc(C(O)CC2CCCCN2)cc1. The maximum Gasteiger partial charge on any atom is 0.119 e. The minimum atomic E-state index is -0.378. The Hall–Kier alpha value is -1.06. The molecule has 0 saturated carbocycles. The van der Waals surface area contributed by atoms with Crippen LogP contribution in [-0.2, 0) is 0 Å². The number of hydrogen-bond donors (Lipinski definition) is 2. The predicted octanol–water partition coefficient (Wildman–Crippen LogP) is 2.65. The third kappa shape index (κ3) is 3.72. The lowest BCUT2D eigenvalue weighted by atomic mass is 9.96. The van der Waals surface area contributed by atoms with Gasteiger partial charge in [0.1, 0.15) is 5.75 Å². The van der Waals surface area contributed by atoms with Gasteiger partial charge in [0.2, 0.25) is 0 Å². The minimum Gasteiger partial charge on any atom is -0.494 e. The number of nitrogens with one attached hydrogen (secondary N) is 1. The average molecular weight is 249 g/mol. The van der Waals surface area contributed by atoms with Crippen LogP contribution in [0.15, 0.2) is 24.3 Å². The van der Waals surface area contributed by atoms with E-state index >= 15 is 0 Å². The molecular weight excluding hydrogens is 226 g/mol. The third-order valence-corrected chi connectivity index (χ3v) is 3.50. The van der Waals surface area contributed by atoms with E-state index in [2.05, 4.69) is 5.32 Å². The van der Waals surface area contributed by atoms with Crippen molar-refractivity contribution in [2.45, 2.75) is 44.8 Å². The fraction of sp³-hybridized carbons (Fsp3) is 0.600. The summed E-state index contributed by atoms with van der Waals surface area (Å²) in [5, 5.41) is 13.7. The Labute approximate surface area is 109 Å². The number of rotatable bonds is 5. The maximum atomic E-state index is 10.2. The van der Waals surface area contributed by atoms with E-state index in [0.29, 0.717) is 12.6 Å². The molecule has 1 aromatic carbocycles. The molecule has 2 N–H and O–H groups in total. The Morgan fingerprint density at radius 3 is 2.72 bits per heavy atom. The van der Waals surface area contributed by atoms with Gasteiger partial charge in [-0.05, 0) is 50.4 Å². The second-order valence-corrected chi connectivity index (χ2v) is 4.90. The van der Waals surface area contributed by atoms with Crippen molar-refractivity contribution in [1.29, 1.82) is 0 Å². The van der Waals surface area contributed by atoms with Crippen LogP contribution < -0.4 is 10.1 Å². The zero-order chi connectivity index (χ0) is 12.8. The highest BCUT2D eigenvalue weighted by atomic mass is 16.5. The minimum absolute atomic E-state index is 0.378. The fourth-order valence-corrected chi connectivity index (χ4v) is 2.48. The second-order valence-electron chi connectivity index (χ2n) is 4.90. The van der Waals surface area contributed by atoms with Crippen molar-refractivity contribution in [3.05, 3.63) is 29.8 Å². The Kier molecular flexibility index (Phi) is 5.02. The van der Waals surface area contributed by atoms with E-state index in [1.165, 1.54) is 19.3 Å². The van der Waals surface area contributed by atoms with Gasteiger partial charge in [0.05, 0.1) is 12.7 Å². The standard InChI is InChI=1S/C15H23NO2/c1-2-18-14-8-6-12(7-9-14)15(17)11-13-5-3-4-10-16-13/h6-9,13,15-17H,2-5,10-11H2,1H3. The molecule has 3 nitrogen and oxygen atoms in total. The highest BCUT2D eigenvalue weighted by Crippen LogP contribution is 2.23. The van der Waals surface area contributed by atoms with Gasteiger partial charge in [0.15, 0.2) is 0 Å². The molecule has 0 amide bonds. The number of aliphatic hydroxyl groups excluding tert-OH is 1. The highest BCUT2D eigenvalue weighted by Gasteiger charge is 2.17. The third-order valence-electron chi connectivity index (χ3n) is 3.50. The van der Waals surface area contributed by atoms with Crippen molar-refractivity contribution < 1.29 is 9.84 Å². The normalized spacial score (nSPS) is 21.6. The molecule has 0 radical (unpaired) electrons. The first kappa shape index (κ1) is 13.4. The molecule has 2 unspecified atom stereocenters. The van der Waals surface area contributed by atoms with E-state index in [0.717, 1.165) is 24.3 Å². The lowest BCUT2D eigenvalue weighted by molar-refractivity contribution is 0.144. The lowest BCUT2D eigenvalue weighted by Gasteiger charge is -2.25. The molecule has 0 aromatic heterocycles. The van der Waals surface area contributed by atoms with Crippen molar-refractivity contribution in [2.24, 2.45) is 0 Å². The van der Waals surface area contributed by atoms with Gasteiger partial charge >= 0.3 is 0 Å². The molecule has 3 heteroatoms. The Bertz CT molecular complexity index is 344. The quantitative estimate of drug-likeness (QED) is 0.843. The highest BCUT2D eigenvalue weighted by molar-refractivity contribution is 5.28. The molecule has 0 spiro atoms. The zero-order valence-corrected chi connectivity index (χ0v) is 11.1. The van der Waals surface area contributed by atoms with Crippen molar-refractivity contribution >= 4 is 0 Å². The number of ether oxygens (including phenoxy) is 1. The number of benzene rings is 1. The van der Waals surface area contributed by atoms with Crippen LogP contribution in [0.25, 0.3) is 0 Å². The monoisotopic (exact) mass is 249 g/mol. The van der Waals surface area contributed by atoms with Gasteiger partial charge in [0, 0.05) is 6.04 Å². The van der Waals surface area contributed by atoms with Gasteiger partial charge in [-0.1, -0.05) is 18.6 Å². The molecular formula is C15H23NO2.